The molecule has 27 heavy (non-hydrogen) atoms. The van der Waals surface area contributed by atoms with E-state index in [1.54, 1.807) is 0 Å². The molecule has 1 aromatic carbocycles. The molecule has 3 rings (SSSR count). The zero-order chi connectivity index (χ0) is 17.5. The third kappa shape index (κ3) is 6.36. The van der Waals surface area contributed by atoms with E-state index in [0.717, 1.165) is 43.2 Å². The molecule has 148 valence electrons. The highest BCUT2D eigenvalue weighted by molar-refractivity contribution is 5.85. The molecule has 6 nitrogen and oxygen atoms in total. The molecular formula is C19H26Cl2N4O2. The number of benzene rings is 1. The Labute approximate surface area is 172 Å². The van der Waals surface area contributed by atoms with Crippen LogP contribution in [0, 0.1) is 0 Å². The minimum Gasteiger partial charge on any atom is -0.378 e. The predicted octanol–water partition coefficient (Wildman–Crippen LogP) is 2.12. The smallest absolute Gasteiger partial charge is 0.229 e. The number of nitrogens with zero attached hydrogens (tertiary/aromatic N) is 2. The van der Waals surface area contributed by atoms with Crippen molar-refractivity contribution in [2.24, 2.45) is 5.73 Å². The summed E-state index contributed by atoms with van der Waals surface area (Å²) < 4.78 is 5.35. The van der Waals surface area contributed by atoms with Crippen LogP contribution in [0.25, 0.3) is 0 Å². The summed E-state index contributed by atoms with van der Waals surface area (Å²) in [4.78, 5) is 19.1. The van der Waals surface area contributed by atoms with Crippen LogP contribution >= 0.6 is 24.8 Å². The maximum absolute atomic E-state index is 12.4. The van der Waals surface area contributed by atoms with Gasteiger partial charge in [-0.1, -0.05) is 36.4 Å². The Kier molecular flexibility index (Phi) is 10.1. The van der Waals surface area contributed by atoms with Crippen molar-refractivity contribution < 1.29 is 9.53 Å². The lowest BCUT2D eigenvalue weighted by atomic mass is 9.98. The second-order valence-corrected chi connectivity index (χ2v) is 6.04. The monoisotopic (exact) mass is 412 g/mol. The quantitative estimate of drug-likeness (QED) is 0.759. The highest BCUT2D eigenvalue weighted by Crippen LogP contribution is 2.15. The van der Waals surface area contributed by atoms with E-state index < -0.39 is 0 Å². The van der Waals surface area contributed by atoms with Gasteiger partial charge >= 0.3 is 0 Å². The lowest BCUT2D eigenvalue weighted by Gasteiger charge is -2.27. The van der Waals surface area contributed by atoms with Gasteiger partial charge < -0.3 is 20.7 Å². The zero-order valence-electron chi connectivity index (χ0n) is 15.0. The van der Waals surface area contributed by atoms with Gasteiger partial charge in [0, 0.05) is 32.4 Å². The maximum Gasteiger partial charge on any atom is 0.229 e. The molecule has 1 unspecified atom stereocenters. The van der Waals surface area contributed by atoms with E-state index in [4.69, 9.17) is 10.5 Å². The average Bonchev–Trinajstić information content (AvgIpc) is 2.69. The number of morpholine rings is 1. The van der Waals surface area contributed by atoms with Crippen LogP contribution < -0.4 is 16.0 Å². The molecule has 1 aliphatic heterocycles. The van der Waals surface area contributed by atoms with Gasteiger partial charge in [0.2, 0.25) is 5.91 Å². The van der Waals surface area contributed by atoms with Crippen LogP contribution in [0.5, 0.6) is 0 Å². The van der Waals surface area contributed by atoms with Crippen LogP contribution in [0.4, 0.5) is 5.82 Å². The molecule has 1 saturated heterocycles. The second-order valence-electron chi connectivity index (χ2n) is 6.04. The predicted molar refractivity (Wildman–Crippen MR) is 112 cm³/mol. The number of pyridine rings is 1. The summed E-state index contributed by atoms with van der Waals surface area (Å²) in [5.74, 6) is 0.551. The van der Waals surface area contributed by atoms with Gasteiger partial charge in [0.05, 0.1) is 19.1 Å². The number of anilines is 1. The summed E-state index contributed by atoms with van der Waals surface area (Å²) in [6.45, 7) is 3.91. The number of ether oxygens (including phenoxy) is 1. The van der Waals surface area contributed by atoms with Crippen molar-refractivity contribution in [1.29, 1.82) is 0 Å². The van der Waals surface area contributed by atoms with Crippen molar-refractivity contribution in [3.05, 3.63) is 59.8 Å². The fourth-order valence-corrected chi connectivity index (χ4v) is 2.89. The SMILES string of the molecule is Cl.Cl.NCC(C(=O)NCc1ccc(N2CCOCC2)nc1)c1ccccc1. The van der Waals surface area contributed by atoms with Crippen molar-refractivity contribution in [3.8, 4) is 0 Å². The Hall–Kier alpha value is -1.86. The molecule has 1 atom stereocenters. The molecular weight excluding hydrogens is 387 g/mol. The normalized spacial score (nSPS) is 14.5. The van der Waals surface area contributed by atoms with E-state index in [0.29, 0.717) is 6.54 Å². The average molecular weight is 413 g/mol. The summed E-state index contributed by atoms with van der Waals surface area (Å²) in [5, 5.41) is 2.95. The number of nitrogens with two attached hydrogens (primary N) is 1. The van der Waals surface area contributed by atoms with Gasteiger partial charge in [-0.3, -0.25) is 4.79 Å². The third-order valence-electron chi connectivity index (χ3n) is 4.37. The molecule has 0 aliphatic carbocycles. The van der Waals surface area contributed by atoms with Crippen LogP contribution in [0.15, 0.2) is 48.7 Å². The lowest BCUT2D eigenvalue weighted by Crippen LogP contribution is -2.36. The fourth-order valence-electron chi connectivity index (χ4n) is 2.89. The van der Waals surface area contributed by atoms with Crippen LogP contribution in [0.3, 0.4) is 0 Å². The number of hydrogen-bond donors (Lipinski definition) is 2. The molecule has 2 aromatic rings. The number of rotatable bonds is 6. The first-order valence-corrected chi connectivity index (χ1v) is 8.58. The molecule has 1 aliphatic rings. The van der Waals surface area contributed by atoms with Gasteiger partial charge in [-0.25, -0.2) is 4.98 Å². The highest BCUT2D eigenvalue weighted by atomic mass is 35.5. The summed E-state index contributed by atoms with van der Waals surface area (Å²) >= 11 is 0. The molecule has 0 radical (unpaired) electrons. The van der Waals surface area contributed by atoms with Gasteiger partial charge in [-0.05, 0) is 17.2 Å². The molecule has 3 N–H and O–H groups in total. The van der Waals surface area contributed by atoms with Gasteiger partial charge in [0.25, 0.3) is 0 Å². The first-order chi connectivity index (χ1) is 12.3. The summed E-state index contributed by atoms with van der Waals surface area (Å²) in [6.07, 6.45) is 1.81. The van der Waals surface area contributed by atoms with Crippen LogP contribution in [-0.4, -0.2) is 43.7 Å². The molecule has 0 bridgehead atoms. The van der Waals surface area contributed by atoms with Crippen LogP contribution in [0.2, 0.25) is 0 Å². The Balaban J connectivity index is 0.00000182. The molecule has 1 amide bonds. The number of carbonyl (C=O) groups is 1. The molecule has 2 heterocycles. The van der Waals surface area contributed by atoms with Crippen molar-refractivity contribution in [2.45, 2.75) is 12.5 Å². The molecule has 0 spiro atoms. The Morgan fingerprint density at radius 2 is 1.85 bits per heavy atom. The Bertz CT molecular complexity index is 680. The summed E-state index contributed by atoms with van der Waals surface area (Å²) in [5.41, 5.74) is 7.69. The maximum atomic E-state index is 12.4. The van der Waals surface area contributed by atoms with Crippen molar-refractivity contribution in [1.82, 2.24) is 10.3 Å². The van der Waals surface area contributed by atoms with Gasteiger partial charge in [-0.15, -0.1) is 24.8 Å². The lowest BCUT2D eigenvalue weighted by molar-refractivity contribution is -0.122. The largest absolute Gasteiger partial charge is 0.378 e. The summed E-state index contributed by atoms with van der Waals surface area (Å²) in [6, 6.07) is 13.6. The molecule has 1 fully saturated rings. The van der Waals surface area contributed by atoms with Crippen molar-refractivity contribution in [2.75, 3.05) is 37.7 Å². The summed E-state index contributed by atoms with van der Waals surface area (Å²) in [7, 11) is 0. The number of amides is 1. The first-order valence-electron chi connectivity index (χ1n) is 8.58. The number of hydrogen-bond acceptors (Lipinski definition) is 5. The van der Waals surface area contributed by atoms with Crippen LogP contribution in [-0.2, 0) is 16.1 Å². The van der Waals surface area contributed by atoms with Crippen molar-refractivity contribution >= 4 is 36.5 Å². The topological polar surface area (TPSA) is 80.5 Å². The van der Waals surface area contributed by atoms with E-state index >= 15 is 0 Å². The first kappa shape index (κ1) is 23.2. The fraction of sp³-hybridized carbons (Fsp3) is 0.368. The molecule has 8 heteroatoms. The van der Waals surface area contributed by atoms with Crippen LogP contribution in [0.1, 0.15) is 17.0 Å². The highest BCUT2D eigenvalue weighted by Gasteiger charge is 2.18. The van der Waals surface area contributed by atoms with Gasteiger partial charge in [-0.2, -0.15) is 0 Å². The number of aromatic nitrogens is 1. The molecule has 0 saturated carbocycles. The Morgan fingerprint density at radius 1 is 1.15 bits per heavy atom. The third-order valence-corrected chi connectivity index (χ3v) is 4.37. The number of nitrogens with one attached hydrogen (secondary N) is 1. The number of halogens is 2. The minimum atomic E-state index is -0.332. The zero-order valence-corrected chi connectivity index (χ0v) is 16.7. The Morgan fingerprint density at radius 3 is 2.44 bits per heavy atom. The van der Waals surface area contributed by atoms with E-state index in [1.807, 2.05) is 48.7 Å². The van der Waals surface area contributed by atoms with Crippen molar-refractivity contribution in [3.63, 3.8) is 0 Å². The van der Waals surface area contributed by atoms with Gasteiger partial charge in [0.1, 0.15) is 5.82 Å². The molecule has 1 aromatic heterocycles. The van der Waals surface area contributed by atoms with E-state index in [1.165, 1.54) is 0 Å². The van der Waals surface area contributed by atoms with Gasteiger partial charge in [0.15, 0.2) is 0 Å². The van der Waals surface area contributed by atoms with E-state index in [-0.39, 0.29) is 43.2 Å². The van der Waals surface area contributed by atoms with E-state index in [9.17, 15) is 4.79 Å². The van der Waals surface area contributed by atoms with E-state index in [2.05, 4.69) is 15.2 Å². The standard InChI is InChI=1S/C19H24N4O2.2ClH/c20-12-17(16-4-2-1-3-5-16)19(24)22-14-15-6-7-18(21-13-15)23-8-10-25-11-9-23;;/h1-7,13,17H,8-12,14,20H2,(H,22,24);2*1H. The minimum absolute atomic E-state index is 0. The number of carbonyl (C=O) groups excluding carboxylic acids is 1. The second kappa shape index (κ2) is 11.8.